The molecule has 5 heteroatoms. The maximum atomic E-state index is 12.5. The lowest BCUT2D eigenvalue weighted by atomic mass is 9.87. The van der Waals surface area contributed by atoms with E-state index in [1.807, 2.05) is 6.07 Å². The number of carbonyl (C=O) groups excluding carboxylic acids is 1. The third-order valence-corrected chi connectivity index (χ3v) is 4.36. The van der Waals surface area contributed by atoms with Crippen molar-refractivity contribution in [1.82, 2.24) is 9.78 Å². The Labute approximate surface area is 159 Å². The Hall–Kier alpha value is -3.39. The fraction of sp³-hybridized carbons (Fsp3) is 0.227. The van der Waals surface area contributed by atoms with Gasteiger partial charge in [-0.05, 0) is 34.7 Å². The lowest BCUT2D eigenvalue weighted by molar-refractivity contribution is 0.102. The molecule has 136 valence electrons. The van der Waals surface area contributed by atoms with Crippen LogP contribution in [0, 0.1) is 11.3 Å². The maximum Gasteiger partial charge on any atom is 0.256 e. The molecule has 27 heavy (non-hydrogen) atoms. The van der Waals surface area contributed by atoms with E-state index in [9.17, 15) is 4.79 Å². The number of rotatable bonds is 4. The molecular formula is C22H22N4O. The molecule has 0 aliphatic rings. The quantitative estimate of drug-likeness (QED) is 0.753. The van der Waals surface area contributed by atoms with Crippen LogP contribution in [0.25, 0.3) is 0 Å². The lowest BCUT2D eigenvalue weighted by Gasteiger charge is -2.19. The van der Waals surface area contributed by atoms with Gasteiger partial charge in [0.1, 0.15) is 5.82 Å². The smallest absolute Gasteiger partial charge is 0.256 e. The third-order valence-electron chi connectivity index (χ3n) is 4.36. The second-order valence-corrected chi connectivity index (χ2v) is 7.47. The van der Waals surface area contributed by atoms with Crippen LogP contribution in [-0.4, -0.2) is 15.7 Å². The molecule has 0 unspecified atom stereocenters. The molecule has 1 aromatic heterocycles. The van der Waals surface area contributed by atoms with Crippen LogP contribution in [0.2, 0.25) is 0 Å². The van der Waals surface area contributed by atoms with E-state index in [0.717, 1.165) is 5.56 Å². The van der Waals surface area contributed by atoms with Crippen molar-refractivity contribution < 1.29 is 4.79 Å². The SMILES string of the molecule is CC(C)(C)c1ccc(Cn2nccc2NC(=O)c2cccc(C#N)c2)cc1. The van der Waals surface area contributed by atoms with Crippen LogP contribution in [0.4, 0.5) is 5.82 Å². The Kier molecular flexibility index (Phi) is 5.09. The van der Waals surface area contributed by atoms with Gasteiger partial charge in [-0.1, -0.05) is 51.1 Å². The molecule has 0 aliphatic heterocycles. The maximum absolute atomic E-state index is 12.5. The monoisotopic (exact) mass is 358 g/mol. The van der Waals surface area contributed by atoms with Gasteiger partial charge in [0.2, 0.25) is 0 Å². The van der Waals surface area contributed by atoms with Gasteiger partial charge < -0.3 is 5.32 Å². The van der Waals surface area contributed by atoms with Crippen molar-refractivity contribution in [2.45, 2.75) is 32.7 Å². The summed E-state index contributed by atoms with van der Waals surface area (Å²) < 4.78 is 1.75. The van der Waals surface area contributed by atoms with Crippen molar-refractivity contribution in [3.8, 4) is 6.07 Å². The fourth-order valence-corrected chi connectivity index (χ4v) is 2.77. The summed E-state index contributed by atoms with van der Waals surface area (Å²) in [7, 11) is 0. The van der Waals surface area contributed by atoms with E-state index in [1.165, 1.54) is 5.56 Å². The summed E-state index contributed by atoms with van der Waals surface area (Å²) in [6.07, 6.45) is 1.66. The summed E-state index contributed by atoms with van der Waals surface area (Å²) in [6, 6.07) is 18.9. The number of nitrogens with one attached hydrogen (secondary N) is 1. The lowest BCUT2D eigenvalue weighted by Crippen LogP contribution is -2.16. The summed E-state index contributed by atoms with van der Waals surface area (Å²) in [5.74, 6) is 0.346. The average Bonchev–Trinajstić information content (AvgIpc) is 3.08. The first-order chi connectivity index (χ1) is 12.9. The van der Waals surface area contributed by atoms with Crippen molar-refractivity contribution in [2.75, 3.05) is 5.32 Å². The highest BCUT2D eigenvalue weighted by Gasteiger charge is 2.14. The average molecular weight is 358 g/mol. The van der Waals surface area contributed by atoms with Gasteiger partial charge in [0.05, 0.1) is 24.4 Å². The molecule has 0 saturated heterocycles. The molecule has 1 heterocycles. The highest BCUT2D eigenvalue weighted by molar-refractivity contribution is 6.04. The number of carbonyl (C=O) groups is 1. The van der Waals surface area contributed by atoms with Gasteiger partial charge in [-0.15, -0.1) is 0 Å². The van der Waals surface area contributed by atoms with Gasteiger partial charge in [-0.3, -0.25) is 4.79 Å². The van der Waals surface area contributed by atoms with Crippen LogP contribution < -0.4 is 5.32 Å². The van der Waals surface area contributed by atoms with E-state index >= 15 is 0 Å². The van der Waals surface area contributed by atoms with Gasteiger partial charge >= 0.3 is 0 Å². The molecule has 3 rings (SSSR count). The molecule has 0 bridgehead atoms. The van der Waals surface area contributed by atoms with Crippen LogP contribution >= 0.6 is 0 Å². The largest absolute Gasteiger partial charge is 0.307 e. The van der Waals surface area contributed by atoms with Gasteiger partial charge in [-0.25, -0.2) is 4.68 Å². The zero-order valence-electron chi connectivity index (χ0n) is 15.7. The van der Waals surface area contributed by atoms with Gasteiger partial charge in [0, 0.05) is 11.6 Å². The highest BCUT2D eigenvalue weighted by Crippen LogP contribution is 2.22. The minimum atomic E-state index is -0.267. The van der Waals surface area contributed by atoms with Crippen LogP contribution in [0.5, 0.6) is 0 Å². The topological polar surface area (TPSA) is 70.7 Å². The molecule has 0 fully saturated rings. The Morgan fingerprint density at radius 1 is 1.15 bits per heavy atom. The molecule has 0 spiro atoms. The normalized spacial score (nSPS) is 11.0. The second kappa shape index (κ2) is 7.46. The number of nitrogens with zero attached hydrogens (tertiary/aromatic N) is 3. The first kappa shape index (κ1) is 18.4. The summed E-state index contributed by atoms with van der Waals surface area (Å²) in [5, 5.41) is 16.2. The predicted molar refractivity (Wildman–Crippen MR) is 106 cm³/mol. The number of amides is 1. The zero-order chi connectivity index (χ0) is 19.4. The molecular weight excluding hydrogens is 336 g/mol. The number of hydrogen-bond donors (Lipinski definition) is 1. The number of nitriles is 1. The molecule has 1 N–H and O–H groups in total. The van der Waals surface area contributed by atoms with E-state index in [-0.39, 0.29) is 11.3 Å². The van der Waals surface area contributed by atoms with E-state index < -0.39 is 0 Å². The third kappa shape index (κ3) is 4.42. The van der Waals surface area contributed by atoms with Crippen molar-refractivity contribution in [2.24, 2.45) is 0 Å². The highest BCUT2D eigenvalue weighted by atomic mass is 16.1. The Bertz CT molecular complexity index is 988. The van der Waals surface area contributed by atoms with E-state index in [0.29, 0.717) is 23.5 Å². The summed E-state index contributed by atoms with van der Waals surface area (Å²) >= 11 is 0. The number of anilines is 1. The Balaban J connectivity index is 1.74. The first-order valence-electron chi connectivity index (χ1n) is 8.79. The fourth-order valence-electron chi connectivity index (χ4n) is 2.77. The second-order valence-electron chi connectivity index (χ2n) is 7.47. The molecule has 0 radical (unpaired) electrons. The molecule has 0 atom stereocenters. The molecule has 5 nitrogen and oxygen atoms in total. The number of hydrogen-bond acceptors (Lipinski definition) is 3. The standard InChI is InChI=1S/C22H22N4O/c1-22(2,3)19-9-7-16(8-10-19)15-26-20(11-12-24-26)25-21(27)18-6-4-5-17(13-18)14-23/h4-13H,15H2,1-3H3,(H,25,27). The van der Waals surface area contributed by atoms with E-state index in [4.69, 9.17) is 5.26 Å². The van der Waals surface area contributed by atoms with Crippen molar-refractivity contribution in [1.29, 1.82) is 5.26 Å². The minimum Gasteiger partial charge on any atom is -0.307 e. The Morgan fingerprint density at radius 2 is 1.89 bits per heavy atom. The molecule has 3 aromatic rings. The first-order valence-corrected chi connectivity index (χ1v) is 8.79. The van der Waals surface area contributed by atoms with Crippen LogP contribution in [0.1, 0.15) is 47.8 Å². The number of benzene rings is 2. The summed E-state index contributed by atoms with van der Waals surface area (Å²) in [5.41, 5.74) is 3.39. The molecule has 2 aromatic carbocycles. The molecule has 1 amide bonds. The van der Waals surface area contributed by atoms with Gasteiger partial charge in [0.25, 0.3) is 5.91 Å². The molecule has 0 saturated carbocycles. The van der Waals surface area contributed by atoms with Gasteiger partial charge in [0.15, 0.2) is 0 Å². The van der Waals surface area contributed by atoms with Crippen molar-refractivity contribution in [3.63, 3.8) is 0 Å². The number of aromatic nitrogens is 2. The Morgan fingerprint density at radius 3 is 2.56 bits per heavy atom. The van der Waals surface area contributed by atoms with Crippen LogP contribution in [0.3, 0.4) is 0 Å². The molecule has 0 aliphatic carbocycles. The zero-order valence-corrected chi connectivity index (χ0v) is 15.7. The van der Waals surface area contributed by atoms with Gasteiger partial charge in [-0.2, -0.15) is 10.4 Å². The van der Waals surface area contributed by atoms with Crippen LogP contribution in [-0.2, 0) is 12.0 Å². The van der Waals surface area contributed by atoms with E-state index in [1.54, 1.807) is 41.2 Å². The summed E-state index contributed by atoms with van der Waals surface area (Å²) in [4.78, 5) is 12.5. The van der Waals surface area contributed by atoms with Crippen LogP contribution in [0.15, 0.2) is 60.8 Å². The minimum absolute atomic E-state index is 0.112. The van der Waals surface area contributed by atoms with Crippen molar-refractivity contribution in [3.05, 3.63) is 83.0 Å². The summed E-state index contributed by atoms with van der Waals surface area (Å²) in [6.45, 7) is 7.12. The van der Waals surface area contributed by atoms with E-state index in [2.05, 4.69) is 55.5 Å². The van der Waals surface area contributed by atoms with Crippen molar-refractivity contribution >= 4 is 11.7 Å². The predicted octanol–water partition coefficient (Wildman–Crippen LogP) is 4.35.